The normalized spacial score (nSPS) is 11.3. The Morgan fingerprint density at radius 3 is 2.43 bits per heavy atom. The van der Waals surface area contributed by atoms with Crippen LogP contribution in [0.15, 0.2) is 100 Å². The zero-order chi connectivity index (χ0) is 26.0. The Hall–Kier alpha value is -4.15. The first-order valence-electron chi connectivity index (χ1n) is 11.2. The molecule has 0 aliphatic heterocycles. The van der Waals surface area contributed by atoms with E-state index >= 15 is 0 Å². The molecule has 0 aliphatic rings. The highest BCUT2D eigenvalue weighted by Crippen LogP contribution is 2.27. The second-order valence-electron chi connectivity index (χ2n) is 8.19. The van der Waals surface area contributed by atoms with Crippen LogP contribution in [-0.2, 0) is 10.0 Å². The van der Waals surface area contributed by atoms with Crippen molar-refractivity contribution in [2.24, 2.45) is 0 Å². The van der Waals surface area contributed by atoms with Gasteiger partial charge in [0.1, 0.15) is 0 Å². The highest BCUT2D eigenvalue weighted by Gasteiger charge is 2.17. The third-order valence-electron chi connectivity index (χ3n) is 5.52. The average molecular weight is 574 g/mol. The number of nitrogens with one attached hydrogen (secondary N) is 2. The fraction of sp³-hybridized carbons (Fsp3) is 0.0370. The summed E-state index contributed by atoms with van der Waals surface area (Å²) in [7, 11) is -3.90. The van der Waals surface area contributed by atoms with Gasteiger partial charge in [0.2, 0.25) is 5.95 Å². The summed E-state index contributed by atoms with van der Waals surface area (Å²) in [5.41, 5.74) is 3.76. The highest BCUT2D eigenvalue weighted by atomic mass is 79.9. The van der Waals surface area contributed by atoms with Crippen molar-refractivity contribution in [3.63, 3.8) is 0 Å². The summed E-state index contributed by atoms with van der Waals surface area (Å²) in [6.07, 6.45) is 1.48. The quantitative estimate of drug-likeness (QED) is 0.264. The zero-order valence-electron chi connectivity index (χ0n) is 19.5. The Balaban J connectivity index is 1.41. The maximum absolute atomic E-state index is 13.3. The number of carbonyl (C=O) groups excluding carboxylic acids is 1. The number of carbonyl (C=O) groups is 1. The summed E-state index contributed by atoms with van der Waals surface area (Å²) >= 11 is 3.48. The van der Waals surface area contributed by atoms with Crippen LogP contribution in [-0.4, -0.2) is 29.3 Å². The molecule has 37 heavy (non-hydrogen) atoms. The Kier molecular flexibility index (Phi) is 6.68. The van der Waals surface area contributed by atoms with Gasteiger partial charge in [-0.05, 0) is 61.5 Å². The van der Waals surface area contributed by atoms with E-state index in [1.54, 1.807) is 19.1 Å². The molecule has 8 nitrogen and oxygen atoms in total. The first kappa shape index (κ1) is 24.5. The second-order valence-corrected chi connectivity index (χ2v) is 10.8. The molecular weight excluding hydrogens is 554 g/mol. The van der Waals surface area contributed by atoms with Gasteiger partial charge >= 0.3 is 0 Å². The summed E-state index contributed by atoms with van der Waals surface area (Å²) in [6, 6.07) is 24.4. The molecule has 184 valence electrons. The number of hydrogen-bond donors (Lipinski definition) is 2. The van der Waals surface area contributed by atoms with Crippen molar-refractivity contribution in [1.29, 1.82) is 0 Å². The van der Waals surface area contributed by atoms with E-state index in [1.807, 2.05) is 48.5 Å². The van der Waals surface area contributed by atoms with Gasteiger partial charge in [0.25, 0.3) is 15.9 Å². The third-order valence-corrected chi connectivity index (χ3v) is 7.36. The van der Waals surface area contributed by atoms with Crippen molar-refractivity contribution < 1.29 is 13.2 Å². The predicted octanol–water partition coefficient (Wildman–Crippen LogP) is 5.82. The minimum atomic E-state index is -3.90. The Morgan fingerprint density at radius 1 is 0.892 bits per heavy atom. The first-order valence-corrected chi connectivity index (χ1v) is 13.5. The molecule has 5 rings (SSSR count). The van der Waals surface area contributed by atoms with Crippen molar-refractivity contribution in [1.82, 2.24) is 15.0 Å². The van der Waals surface area contributed by atoms with Crippen LogP contribution in [0.4, 0.5) is 11.6 Å². The van der Waals surface area contributed by atoms with Crippen molar-refractivity contribution >= 4 is 54.4 Å². The summed E-state index contributed by atoms with van der Waals surface area (Å²) in [6.45, 7) is 1.74. The number of fused-ring (bicyclic) bond motifs is 1. The molecule has 5 aromatic rings. The standard InChI is InChI=1S/C27H20BrN5O3S/c1-17-13-14-29-27(30-17)33-37(35,36)21-11-9-20(10-12-21)31-26(34)23-16-25(18-5-4-6-19(28)15-18)32-24-8-3-2-7-22(23)24/h2-16H,1H3,(H,31,34)(H,29,30,33). The Morgan fingerprint density at radius 2 is 1.68 bits per heavy atom. The number of nitrogens with zero attached hydrogens (tertiary/aromatic N) is 3. The van der Waals surface area contributed by atoms with Crippen LogP contribution in [0.3, 0.4) is 0 Å². The number of hydrogen-bond acceptors (Lipinski definition) is 6. The van der Waals surface area contributed by atoms with Gasteiger partial charge in [-0.2, -0.15) is 0 Å². The van der Waals surface area contributed by atoms with Crippen molar-refractivity contribution in [2.45, 2.75) is 11.8 Å². The van der Waals surface area contributed by atoms with Crippen LogP contribution in [0, 0.1) is 6.92 Å². The molecule has 0 bridgehead atoms. The molecule has 0 unspecified atom stereocenters. The number of rotatable bonds is 6. The molecule has 2 N–H and O–H groups in total. The van der Waals surface area contributed by atoms with E-state index in [2.05, 4.69) is 35.9 Å². The molecule has 3 aromatic carbocycles. The third kappa shape index (κ3) is 5.50. The molecule has 2 aromatic heterocycles. The lowest BCUT2D eigenvalue weighted by Crippen LogP contribution is -2.16. The van der Waals surface area contributed by atoms with Gasteiger partial charge in [-0.1, -0.05) is 46.3 Å². The van der Waals surface area contributed by atoms with Crippen LogP contribution in [0.25, 0.3) is 22.2 Å². The average Bonchev–Trinajstić information content (AvgIpc) is 2.88. The number of anilines is 2. The van der Waals surface area contributed by atoms with Crippen LogP contribution in [0.1, 0.15) is 16.1 Å². The fourth-order valence-electron chi connectivity index (χ4n) is 3.75. The molecule has 0 fully saturated rings. The van der Waals surface area contributed by atoms with Gasteiger partial charge in [0.05, 0.1) is 21.7 Å². The van der Waals surface area contributed by atoms with Gasteiger partial charge in [-0.15, -0.1) is 0 Å². The molecule has 1 amide bonds. The van der Waals surface area contributed by atoms with E-state index in [1.165, 1.54) is 30.5 Å². The maximum atomic E-state index is 13.3. The van der Waals surface area contributed by atoms with E-state index in [-0.39, 0.29) is 16.8 Å². The number of sulfonamides is 1. The summed E-state index contributed by atoms with van der Waals surface area (Å²) in [4.78, 5) is 26.1. The lowest BCUT2D eigenvalue weighted by Gasteiger charge is -2.12. The van der Waals surface area contributed by atoms with Crippen molar-refractivity contribution in [2.75, 3.05) is 10.0 Å². The molecule has 2 heterocycles. The number of para-hydroxylation sites is 1. The van der Waals surface area contributed by atoms with Gasteiger partial charge in [0, 0.05) is 33.0 Å². The van der Waals surface area contributed by atoms with E-state index in [9.17, 15) is 13.2 Å². The van der Waals surface area contributed by atoms with Crippen LogP contribution < -0.4 is 10.0 Å². The first-order chi connectivity index (χ1) is 17.8. The van der Waals surface area contributed by atoms with Crippen LogP contribution in [0.2, 0.25) is 0 Å². The Bertz CT molecular complexity index is 1740. The molecular formula is C27H20BrN5O3S. The molecule has 0 atom stereocenters. The monoisotopic (exact) mass is 573 g/mol. The fourth-order valence-corrected chi connectivity index (χ4v) is 5.10. The van der Waals surface area contributed by atoms with Crippen LogP contribution >= 0.6 is 15.9 Å². The Labute approximate surface area is 222 Å². The topological polar surface area (TPSA) is 114 Å². The van der Waals surface area contributed by atoms with E-state index < -0.39 is 10.0 Å². The number of pyridine rings is 1. The van der Waals surface area contributed by atoms with Gasteiger partial charge in [0.15, 0.2) is 0 Å². The number of amides is 1. The summed E-state index contributed by atoms with van der Waals surface area (Å²) < 4.78 is 28.7. The predicted molar refractivity (Wildman–Crippen MR) is 147 cm³/mol. The second kappa shape index (κ2) is 10.1. The minimum Gasteiger partial charge on any atom is -0.322 e. The number of halogens is 1. The largest absolute Gasteiger partial charge is 0.322 e. The number of aromatic nitrogens is 3. The van der Waals surface area contributed by atoms with E-state index in [0.29, 0.717) is 33.5 Å². The SMILES string of the molecule is Cc1ccnc(NS(=O)(=O)c2ccc(NC(=O)c3cc(-c4cccc(Br)c4)nc4ccccc34)cc2)n1. The molecule has 0 spiro atoms. The van der Waals surface area contributed by atoms with Crippen LogP contribution in [0.5, 0.6) is 0 Å². The molecule has 0 radical (unpaired) electrons. The van der Waals surface area contributed by atoms with Gasteiger partial charge < -0.3 is 5.32 Å². The number of benzene rings is 3. The molecule has 10 heteroatoms. The molecule has 0 saturated carbocycles. The maximum Gasteiger partial charge on any atom is 0.264 e. The lowest BCUT2D eigenvalue weighted by atomic mass is 10.0. The van der Waals surface area contributed by atoms with E-state index in [4.69, 9.17) is 4.98 Å². The highest BCUT2D eigenvalue weighted by molar-refractivity contribution is 9.10. The van der Waals surface area contributed by atoms with E-state index in [0.717, 1.165) is 10.0 Å². The smallest absolute Gasteiger partial charge is 0.264 e. The minimum absolute atomic E-state index is 0.0109. The van der Waals surface area contributed by atoms with Crippen molar-refractivity contribution in [3.05, 3.63) is 107 Å². The lowest BCUT2D eigenvalue weighted by molar-refractivity contribution is 0.102. The number of aryl methyl sites for hydroxylation is 1. The van der Waals surface area contributed by atoms with Gasteiger partial charge in [-0.3, -0.25) is 4.79 Å². The summed E-state index contributed by atoms with van der Waals surface area (Å²) in [5, 5.41) is 3.57. The molecule has 0 aliphatic carbocycles. The van der Waals surface area contributed by atoms with Gasteiger partial charge in [-0.25, -0.2) is 28.1 Å². The van der Waals surface area contributed by atoms with Crippen molar-refractivity contribution in [3.8, 4) is 11.3 Å². The summed E-state index contributed by atoms with van der Waals surface area (Å²) in [5.74, 6) is -0.347. The zero-order valence-corrected chi connectivity index (χ0v) is 21.9. The molecule has 0 saturated heterocycles.